The second-order valence-corrected chi connectivity index (χ2v) is 4.63. The van der Waals surface area contributed by atoms with Gasteiger partial charge in [0.05, 0.1) is 0 Å². The molecule has 0 spiro atoms. The van der Waals surface area contributed by atoms with Crippen molar-refractivity contribution in [2.45, 2.75) is 45.1 Å². The van der Waals surface area contributed by atoms with Crippen molar-refractivity contribution in [3.8, 4) is 0 Å². The number of nitrogens with one attached hydrogen (secondary N) is 1. The first kappa shape index (κ1) is 14.1. The Morgan fingerprint density at radius 3 is 2.70 bits per heavy atom. The van der Waals surface area contributed by atoms with Gasteiger partial charge in [-0.2, -0.15) is 9.78 Å². The molecular formula is C11H16N6O3. The van der Waals surface area contributed by atoms with Crippen LogP contribution in [0.15, 0.2) is 11.4 Å². The van der Waals surface area contributed by atoms with Crippen molar-refractivity contribution < 1.29 is 9.72 Å². The largest absolute Gasteiger partial charge is 0.490 e. The Kier molecular flexibility index (Phi) is 4.75. The molecule has 0 aliphatic heterocycles. The predicted octanol–water partition coefficient (Wildman–Crippen LogP) is 1.01. The Balaban J connectivity index is 1.85. The van der Waals surface area contributed by atoms with Crippen LogP contribution in [0.4, 0.5) is 5.95 Å². The Bertz CT molecular complexity index is 514. The molecule has 0 atom stereocenters. The minimum absolute atomic E-state index is 0.141. The summed E-state index contributed by atoms with van der Waals surface area (Å²) in [6.07, 6.45) is 7.58. The Morgan fingerprint density at radius 1 is 1.40 bits per heavy atom. The number of carbonyl (C=O) groups is 1. The van der Waals surface area contributed by atoms with Crippen LogP contribution in [0.25, 0.3) is 0 Å². The van der Waals surface area contributed by atoms with Gasteiger partial charge < -0.3 is 10.1 Å². The van der Waals surface area contributed by atoms with Gasteiger partial charge in [0.25, 0.3) is 5.91 Å². The van der Waals surface area contributed by atoms with Gasteiger partial charge in [-0.15, -0.1) is 0 Å². The van der Waals surface area contributed by atoms with Crippen LogP contribution in [-0.4, -0.2) is 31.3 Å². The van der Waals surface area contributed by atoms with Crippen LogP contribution >= 0.6 is 0 Å². The van der Waals surface area contributed by atoms with Crippen molar-refractivity contribution in [1.82, 2.24) is 20.2 Å². The number of hydrazone groups is 1. The molecular weight excluding hydrogens is 264 g/mol. The second-order valence-electron chi connectivity index (χ2n) is 4.63. The molecule has 0 bridgehead atoms. The van der Waals surface area contributed by atoms with Gasteiger partial charge in [0.2, 0.25) is 6.33 Å². The summed E-state index contributed by atoms with van der Waals surface area (Å²) < 4.78 is 1.11. The predicted molar refractivity (Wildman–Crippen MR) is 70.0 cm³/mol. The smallest absolute Gasteiger partial charge is 0.390 e. The average Bonchev–Trinajstić information content (AvgIpc) is 2.72. The van der Waals surface area contributed by atoms with Crippen LogP contribution in [0.2, 0.25) is 0 Å². The molecule has 1 aliphatic carbocycles. The Hall–Kier alpha value is -2.32. The first-order valence-electron chi connectivity index (χ1n) is 6.53. The zero-order chi connectivity index (χ0) is 14.4. The fourth-order valence-corrected chi connectivity index (χ4v) is 2.02. The number of amides is 1. The highest BCUT2D eigenvalue weighted by Gasteiger charge is 2.15. The van der Waals surface area contributed by atoms with Gasteiger partial charge in [-0.05, 0) is 30.6 Å². The monoisotopic (exact) mass is 280 g/mol. The summed E-state index contributed by atoms with van der Waals surface area (Å²) in [6.45, 7) is -0.141. The van der Waals surface area contributed by atoms with Gasteiger partial charge in [0.15, 0.2) is 0 Å². The molecule has 2 rings (SSSR count). The van der Waals surface area contributed by atoms with Crippen LogP contribution < -0.4 is 5.43 Å². The van der Waals surface area contributed by atoms with E-state index in [-0.39, 0.29) is 12.5 Å². The van der Waals surface area contributed by atoms with E-state index in [1.165, 1.54) is 12.8 Å². The highest BCUT2D eigenvalue weighted by atomic mass is 16.6. The summed E-state index contributed by atoms with van der Waals surface area (Å²) in [6, 6.07) is 0. The lowest BCUT2D eigenvalue weighted by atomic mass is 10.2. The quantitative estimate of drug-likeness (QED) is 0.502. The third kappa shape index (κ3) is 4.11. The SMILES string of the molecule is O=C(Cn1cnc([N+](=O)[O-])n1)NN=C1CCCCCC1. The normalized spacial score (nSPS) is 15.5. The molecule has 1 aromatic heterocycles. The molecule has 0 saturated heterocycles. The molecule has 20 heavy (non-hydrogen) atoms. The lowest BCUT2D eigenvalue weighted by molar-refractivity contribution is -0.394. The van der Waals surface area contributed by atoms with E-state index in [4.69, 9.17) is 0 Å². The molecule has 1 saturated carbocycles. The number of hydrogen-bond donors (Lipinski definition) is 1. The standard InChI is InChI=1S/C11H16N6O3/c18-10(7-16-8-12-11(15-16)17(19)20)14-13-9-5-3-1-2-4-6-9/h8H,1-7H2,(H,14,18). The fourth-order valence-electron chi connectivity index (χ4n) is 2.02. The summed E-state index contributed by atoms with van der Waals surface area (Å²) in [5.74, 6) is -0.894. The molecule has 1 aromatic rings. The molecule has 9 nitrogen and oxygen atoms in total. The van der Waals surface area contributed by atoms with E-state index in [2.05, 4.69) is 20.6 Å². The topological polar surface area (TPSA) is 115 Å². The number of aromatic nitrogens is 3. The van der Waals surface area contributed by atoms with Gasteiger partial charge in [0, 0.05) is 10.8 Å². The van der Waals surface area contributed by atoms with E-state index in [1.54, 1.807) is 0 Å². The summed E-state index contributed by atoms with van der Waals surface area (Å²) in [7, 11) is 0. The third-order valence-corrected chi connectivity index (χ3v) is 3.01. The minimum Gasteiger partial charge on any atom is -0.390 e. The van der Waals surface area contributed by atoms with Crippen LogP contribution in [0.1, 0.15) is 38.5 Å². The highest BCUT2D eigenvalue weighted by molar-refractivity contribution is 5.86. The number of hydrogen-bond acceptors (Lipinski definition) is 6. The lowest BCUT2D eigenvalue weighted by Gasteiger charge is -2.02. The van der Waals surface area contributed by atoms with Gasteiger partial charge in [-0.1, -0.05) is 17.8 Å². The van der Waals surface area contributed by atoms with E-state index in [0.717, 1.165) is 42.4 Å². The molecule has 108 valence electrons. The van der Waals surface area contributed by atoms with Gasteiger partial charge in [-0.3, -0.25) is 4.79 Å². The zero-order valence-corrected chi connectivity index (χ0v) is 11.0. The molecule has 1 fully saturated rings. The summed E-state index contributed by atoms with van der Waals surface area (Å²) in [5, 5.41) is 18.1. The molecule has 1 aliphatic rings. The second kappa shape index (κ2) is 6.73. The number of nitro groups is 1. The van der Waals surface area contributed by atoms with Crippen LogP contribution in [0.5, 0.6) is 0 Å². The Morgan fingerprint density at radius 2 is 2.10 bits per heavy atom. The summed E-state index contributed by atoms with van der Waals surface area (Å²) in [4.78, 5) is 24.8. The number of rotatable bonds is 4. The first-order valence-corrected chi connectivity index (χ1v) is 6.53. The third-order valence-electron chi connectivity index (χ3n) is 3.01. The minimum atomic E-state index is -0.708. The molecule has 0 radical (unpaired) electrons. The molecule has 1 N–H and O–H groups in total. The Labute approximate surface area is 115 Å². The molecule has 1 amide bonds. The van der Waals surface area contributed by atoms with Gasteiger partial charge >= 0.3 is 5.95 Å². The van der Waals surface area contributed by atoms with E-state index in [1.807, 2.05) is 0 Å². The summed E-state index contributed by atoms with van der Waals surface area (Å²) in [5.41, 5.74) is 3.46. The van der Waals surface area contributed by atoms with Crippen molar-refractivity contribution in [2.24, 2.45) is 5.10 Å². The molecule has 1 heterocycles. The van der Waals surface area contributed by atoms with E-state index < -0.39 is 10.9 Å². The molecule has 9 heteroatoms. The first-order chi connectivity index (χ1) is 9.65. The van der Waals surface area contributed by atoms with Crippen molar-refractivity contribution >= 4 is 17.6 Å². The fraction of sp³-hybridized carbons (Fsp3) is 0.636. The van der Waals surface area contributed by atoms with E-state index in [9.17, 15) is 14.9 Å². The van der Waals surface area contributed by atoms with Crippen molar-refractivity contribution in [3.63, 3.8) is 0 Å². The maximum Gasteiger partial charge on any atom is 0.490 e. The van der Waals surface area contributed by atoms with Gasteiger partial charge in [0.1, 0.15) is 6.54 Å². The van der Waals surface area contributed by atoms with Crippen LogP contribution in [0, 0.1) is 10.1 Å². The molecule has 0 unspecified atom stereocenters. The van der Waals surface area contributed by atoms with Crippen molar-refractivity contribution in [3.05, 3.63) is 16.4 Å². The average molecular weight is 280 g/mol. The highest BCUT2D eigenvalue weighted by Crippen LogP contribution is 2.14. The van der Waals surface area contributed by atoms with E-state index >= 15 is 0 Å². The maximum atomic E-state index is 11.6. The lowest BCUT2D eigenvalue weighted by Crippen LogP contribution is -2.24. The molecule has 0 aromatic carbocycles. The van der Waals surface area contributed by atoms with Crippen molar-refractivity contribution in [1.29, 1.82) is 0 Å². The maximum absolute atomic E-state index is 11.6. The van der Waals surface area contributed by atoms with Gasteiger partial charge in [-0.25, -0.2) is 5.43 Å². The van der Waals surface area contributed by atoms with E-state index in [0.29, 0.717) is 0 Å². The number of carbonyl (C=O) groups excluding carboxylic acids is 1. The number of nitrogens with zero attached hydrogens (tertiary/aromatic N) is 5. The van der Waals surface area contributed by atoms with Crippen LogP contribution in [-0.2, 0) is 11.3 Å². The zero-order valence-electron chi connectivity index (χ0n) is 11.0. The van der Waals surface area contributed by atoms with Crippen molar-refractivity contribution in [2.75, 3.05) is 0 Å². The summed E-state index contributed by atoms with van der Waals surface area (Å²) >= 11 is 0. The van der Waals surface area contributed by atoms with Crippen LogP contribution in [0.3, 0.4) is 0 Å².